The highest BCUT2D eigenvalue weighted by Gasteiger charge is 2.46. The van der Waals surface area contributed by atoms with Gasteiger partial charge in [0.25, 0.3) is 0 Å². The topological polar surface area (TPSA) is 0 Å². The van der Waals surface area contributed by atoms with Crippen molar-refractivity contribution in [1.29, 1.82) is 0 Å². The van der Waals surface area contributed by atoms with E-state index >= 15 is 0 Å². The maximum Gasteiger partial charge on any atom is 0.0713 e. The summed E-state index contributed by atoms with van der Waals surface area (Å²) in [7, 11) is 0. The van der Waals surface area contributed by atoms with Crippen molar-refractivity contribution in [1.82, 2.24) is 0 Å². The fourth-order valence-corrected chi connectivity index (χ4v) is 8.77. The molecule has 0 fully saturated rings. The van der Waals surface area contributed by atoms with Crippen LogP contribution in [0.5, 0.6) is 0 Å². The molecule has 8 aromatic rings. The molecule has 0 saturated carbocycles. The summed E-state index contributed by atoms with van der Waals surface area (Å²) in [5.74, 6) is 0.143. The van der Waals surface area contributed by atoms with Crippen molar-refractivity contribution in [3.8, 4) is 33.4 Å². The molecule has 0 amide bonds. The van der Waals surface area contributed by atoms with E-state index in [4.69, 9.17) is 0 Å². The predicted molar refractivity (Wildman–Crippen MR) is 221 cm³/mol. The number of hydrogen-bond donors (Lipinski definition) is 0. The predicted octanol–water partition coefficient (Wildman–Crippen LogP) is 13.5. The Balaban J connectivity index is 1.22. The van der Waals surface area contributed by atoms with E-state index in [1.54, 1.807) is 0 Å². The van der Waals surface area contributed by atoms with E-state index in [0.29, 0.717) is 0 Å². The Labute approximate surface area is 315 Å². The van der Waals surface area contributed by atoms with Gasteiger partial charge in [0.15, 0.2) is 0 Å². The van der Waals surface area contributed by atoms with Gasteiger partial charge in [-0.1, -0.05) is 210 Å². The molecule has 0 aliphatic heterocycles. The molecule has 1 aliphatic carbocycles. The third-order valence-electron chi connectivity index (χ3n) is 10.9. The van der Waals surface area contributed by atoms with Gasteiger partial charge in [0.05, 0.1) is 5.41 Å². The van der Waals surface area contributed by atoms with E-state index in [2.05, 4.69) is 222 Å². The van der Waals surface area contributed by atoms with E-state index in [-0.39, 0.29) is 5.92 Å². The van der Waals surface area contributed by atoms with Gasteiger partial charge in [-0.25, -0.2) is 0 Å². The summed E-state index contributed by atoms with van der Waals surface area (Å²) >= 11 is 3.59. The van der Waals surface area contributed by atoms with Gasteiger partial charge in [0.2, 0.25) is 0 Å². The lowest BCUT2D eigenvalue weighted by atomic mass is 9.67. The molecule has 9 rings (SSSR count). The van der Waals surface area contributed by atoms with Crippen molar-refractivity contribution in [2.45, 2.75) is 17.8 Å². The first-order valence-corrected chi connectivity index (χ1v) is 18.8. The minimum Gasteiger partial charge on any atom is -0.0622 e. The highest BCUT2D eigenvalue weighted by atomic mass is 79.9. The SMILES string of the molecule is Brc1ccc(-c2ccc(C(Cc3cccc4c3-c3ccccc3C4(c3ccccc3)c3ccccc3)c3cccc(-c4ccccc4)c3)cc2)cc1. The van der Waals surface area contributed by atoms with Crippen LogP contribution < -0.4 is 0 Å². The van der Waals surface area contributed by atoms with Gasteiger partial charge in [-0.05, 0) is 90.9 Å². The Morgan fingerprint density at radius 3 is 1.60 bits per heavy atom. The number of hydrogen-bond acceptors (Lipinski definition) is 0. The Bertz CT molecular complexity index is 2420. The number of benzene rings is 8. The van der Waals surface area contributed by atoms with E-state index < -0.39 is 5.41 Å². The molecule has 52 heavy (non-hydrogen) atoms. The summed E-state index contributed by atoms with van der Waals surface area (Å²) in [4.78, 5) is 0. The maximum atomic E-state index is 3.59. The smallest absolute Gasteiger partial charge is 0.0622 e. The molecule has 0 N–H and O–H groups in total. The summed E-state index contributed by atoms with van der Waals surface area (Å²) in [6, 6.07) is 76.0. The molecule has 0 radical (unpaired) electrons. The number of halogens is 1. The quantitative estimate of drug-likeness (QED) is 0.146. The van der Waals surface area contributed by atoms with Crippen molar-refractivity contribution < 1.29 is 0 Å². The fourth-order valence-electron chi connectivity index (χ4n) is 8.50. The molecule has 0 saturated heterocycles. The molecule has 1 atom stereocenters. The minimum atomic E-state index is -0.417. The molecule has 248 valence electrons. The Kier molecular flexibility index (Phi) is 8.51. The second kappa shape index (κ2) is 13.8. The minimum absolute atomic E-state index is 0.143. The normalized spacial score (nSPS) is 13.2. The van der Waals surface area contributed by atoms with Gasteiger partial charge in [-0.3, -0.25) is 0 Å². The molecule has 0 nitrogen and oxygen atoms in total. The molecule has 0 aromatic heterocycles. The Hall–Kier alpha value is -5.76. The lowest BCUT2D eigenvalue weighted by Gasteiger charge is -2.34. The molecule has 1 heteroatoms. The van der Waals surface area contributed by atoms with Gasteiger partial charge in [0.1, 0.15) is 0 Å². The van der Waals surface area contributed by atoms with Crippen LogP contribution in [0.3, 0.4) is 0 Å². The second-order valence-electron chi connectivity index (χ2n) is 13.7. The highest BCUT2D eigenvalue weighted by molar-refractivity contribution is 9.10. The molecule has 0 bridgehead atoms. The summed E-state index contributed by atoms with van der Waals surface area (Å²) in [5, 5.41) is 0. The van der Waals surface area contributed by atoms with Crippen molar-refractivity contribution in [3.05, 3.63) is 250 Å². The van der Waals surface area contributed by atoms with E-state index in [1.165, 1.54) is 72.3 Å². The zero-order valence-electron chi connectivity index (χ0n) is 28.8. The van der Waals surface area contributed by atoms with Crippen molar-refractivity contribution in [3.63, 3.8) is 0 Å². The van der Waals surface area contributed by atoms with Crippen LogP contribution in [-0.2, 0) is 11.8 Å². The van der Waals surface area contributed by atoms with Crippen LogP contribution in [0.25, 0.3) is 33.4 Å². The first-order valence-electron chi connectivity index (χ1n) is 18.0. The molecule has 0 heterocycles. The maximum absolute atomic E-state index is 3.59. The summed E-state index contributed by atoms with van der Waals surface area (Å²) in [5.41, 5.74) is 16.5. The standard InChI is InChI=1S/C51H37Br/c52-45-32-30-38(31-33-45)37-26-28-39(29-27-37)47(41-17-12-16-40(34-41)36-14-4-1-5-15-36)35-42-18-13-25-49-50(42)46-23-10-11-24-48(46)51(49,43-19-6-2-7-20-43)44-21-8-3-9-22-44/h1-34,47H,35H2. The van der Waals surface area contributed by atoms with Gasteiger partial charge < -0.3 is 0 Å². The van der Waals surface area contributed by atoms with E-state index in [9.17, 15) is 0 Å². The van der Waals surface area contributed by atoms with Gasteiger partial charge in [-0.2, -0.15) is 0 Å². The van der Waals surface area contributed by atoms with Crippen LogP contribution in [0.4, 0.5) is 0 Å². The van der Waals surface area contributed by atoms with Gasteiger partial charge in [0, 0.05) is 10.4 Å². The highest BCUT2D eigenvalue weighted by Crippen LogP contribution is 2.57. The summed E-state index contributed by atoms with van der Waals surface area (Å²) in [6.45, 7) is 0. The van der Waals surface area contributed by atoms with Crippen molar-refractivity contribution in [2.24, 2.45) is 0 Å². The number of fused-ring (bicyclic) bond motifs is 3. The zero-order chi connectivity index (χ0) is 34.9. The molecular formula is C51H37Br. The van der Waals surface area contributed by atoms with Crippen LogP contribution >= 0.6 is 15.9 Å². The van der Waals surface area contributed by atoms with Gasteiger partial charge in [-0.15, -0.1) is 0 Å². The third kappa shape index (κ3) is 5.63. The average Bonchev–Trinajstić information content (AvgIpc) is 3.53. The van der Waals surface area contributed by atoms with E-state index in [0.717, 1.165) is 10.9 Å². The third-order valence-corrected chi connectivity index (χ3v) is 11.4. The molecule has 1 unspecified atom stereocenters. The first kappa shape index (κ1) is 32.2. The monoisotopic (exact) mass is 728 g/mol. The lowest BCUT2D eigenvalue weighted by molar-refractivity contribution is 0.764. The second-order valence-corrected chi connectivity index (χ2v) is 14.7. The Morgan fingerprint density at radius 1 is 0.404 bits per heavy atom. The summed E-state index contributed by atoms with van der Waals surface area (Å²) < 4.78 is 1.09. The molecule has 0 spiro atoms. The largest absolute Gasteiger partial charge is 0.0713 e. The van der Waals surface area contributed by atoms with Crippen molar-refractivity contribution >= 4 is 15.9 Å². The average molecular weight is 730 g/mol. The molecule has 1 aliphatic rings. The van der Waals surface area contributed by atoms with Crippen LogP contribution in [0.2, 0.25) is 0 Å². The van der Waals surface area contributed by atoms with Gasteiger partial charge >= 0.3 is 0 Å². The first-order chi connectivity index (χ1) is 25.7. The van der Waals surface area contributed by atoms with E-state index in [1.807, 2.05) is 0 Å². The van der Waals surface area contributed by atoms with Crippen molar-refractivity contribution in [2.75, 3.05) is 0 Å². The van der Waals surface area contributed by atoms with Crippen LogP contribution in [0.15, 0.2) is 211 Å². The molecular weight excluding hydrogens is 692 g/mol. The van der Waals surface area contributed by atoms with Crippen LogP contribution in [0.1, 0.15) is 44.9 Å². The Morgan fingerprint density at radius 2 is 0.923 bits per heavy atom. The lowest BCUT2D eigenvalue weighted by Crippen LogP contribution is -2.28. The zero-order valence-corrected chi connectivity index (χ0v) is 30.4. The fraction of sp³-hybridized carbons (Fsp3) is 0.0588. The van der Waals surface area contributed by atoms with Crippen LogP contribution in [0, 0.1) is 0 Å². The molecule has 8 aromatic carbocycles. The summed E-state index contributed by atoms with van der Waals surface area (Å²) in [6.07, 6.45) is 0.868. The number of rotatable bonds is 8. The van der Waals surface area contributed by atoms with Crippen LogP contribution in [-0.4, -0.2) is 0 Å².